The number of carbonyl (C=O) groups is 1. The lowest BCUT2D eigenvalue weighted by atomic mass is 10.1. The number of nitro groups is 1. The molecule has 0 aromatic heterocycles. The van der Waals surface area contributed by atoms with Crippen LogP contribution in [0.15, 0.2) is 18.2 Å². The zero-order valence-corrected chi connectivity index (χ0v) is 9.68. The number of nitro benzene ring substituents is 1. The van der Waals surface area contributed by atoms with Gasteiger partial charge in [0, 0.05) is 23.0 Å². The molecule has 6 heteroatoms. The monoisotopic (exact) mass is 285 g/mol. The van der Waals surface area contributed by atoms with E-state index in [1.807, 2.05) is 0 Å². The standard InChI is InChI=1S/C10H8BrNO4/c11-3-1-2-7-4-9(12(15)16)5-8(6-13)10(7)14/h1-2,4-6,14H,3H2. The molecular weight excluding hydrogens is 278 g/mol. The Morgan fingerprint density at radius 2 is 2.06 bits per heavy atom. The number of phenols is 1. The molecule has 0 bridgehead atoms. The molecule has 0 heterocycles. The van der Waals surface area contributed by atoms with Crippen molar-refractivity contribution in [3.63, 3.8) is 0 Å². The zero-order valence-electron chi connectivity index (χ0n) is 8.09. The number of carbonyl (C=O) groups excluding carboxylic acids is 1. The van der Waals surface area contributed by atoms with Crippen LogP contribution in [0.1, 0.15) is 15.9 Å². The molecular formula is C10H8BrNO4. The van der Waals surface area contributed by atoms with Crippen molar-refractivity contribution in [2.75, 3.05) is 5.33 Å². The molecule has 0 atom stereocenters. The number of rotatable bonds is 4. The second-order valence-electron chi connectivity index (χ2n) is 2.90. The number of non-ortho nitro benzene ring substituents is 1. The van der Waals surface area contributed by atoms with Crippen molar-refractivity contribution >= 4 is 34.0 Å². The fourth-order valence-corrected chi connectivity index (χ4v) is 1.34. The maximum Gasteiger partial charge on any atom is 0.271 e. The van der Waals surface area contributed by atoms with Crippen LogP contribution in [0.5, 0.6) is 5.75 Å². The van der Waals surface area contributed by atoms with Gasteiger partial charge >= 0.3 is 0 Å². The Hall–Kier alpha value is -1.69. The third-order valence-corrected chi connectivity index (χ3v) is 2.25. The van der Waals surface area contributed by atoms with Gasteiger partial charge in [-0.2, -0.15) is 0 Å². The molecule has 0 aliphatic rings. The summed E-state index contributed by atoms with van der Waals surface area (Å²) in [5.41, 5.74) is -0.0757. The van der Waals surface area contributed by atoms with E-state index in [1.165, 1.54) is 12.1 Å². The van der Waals surface area contributed by atoms with Gasteiger partial charge in [0.05, 0.1) is 10.5 Å². The molecule has 84 valence electrons. The minimum absolute atomic E-state index is 0.0941. The molecule has 0 aliphatic carbocycles. The third-order valence-electron chi connectivity index (χ3n) is 1.88. The number of allylic oxidation sites excluding steroid dienone is 1. The summed E-state index contributed by atoms with van der Waals surface area (Å²) in [5.74, 6) is -0.252. The van der Waals surface area contributed by atoms with E-state index in [4.69, 9.17) is 0 Å². The first-order chi connectivity index (χ1) is 7.60. The van der Waals surface area contributed by atoms with Gasteiger partial charge in [-0.15, -0.1) is 0 Å². The predicted molar refractivity (Wildman–Crippen MR) is 63.0 cm³/mol. The van der Waals surface area contributed by atoms with Crippen LogP contribution < -0.4 is 0 Å². The number of hydrogen-bond acceptors (Lipinski definition) is 4. The van der Waals surface area contributed by atoms with Gasteiger partial charge in [0.2, 0.25) is 0 Å². The van der Waals surface area contributed by atoms with Crippen LogP contribution in [0.2, 0.25) is 0 Å². The van der Waals surface area contributed by atoms with Crippen molar-refractivity contribution in [3.05, 3.63) is 39.4 Å². The summed E-state index contributed by atoms with van der Waals surface area (Å²) in [6, 6.07) is 2.25. The molecule has 0 aliphatic heterocycles. The molecule has 1 rings (SSSR count). The molecule has 1 aromatic rings. The van der Waals surface area contributed by atoms with Crippen LogP contribution in [0.3, 0.4) is 0 Å². The predicted octanol–water partition coefficient (Wildman–Crippen LogP) is 2.52. The fourth-order valence-electron chi connectivity index (χ4n) is 1.16. The maximum atomic E-state index is 10.6. The van der Waals surface area contributed by atoms with Gasteiger partial charge in [-0.05, 0) is 0 Å². The Bertz CT molecular complexity index is 456. The zero-order chi connectivity index (χ0) is 12.1. The van der Waals surface area contributed by atoms with Crippen molar-refractivity contribution in [2.45, 2.75) is 0 Å². The molecule has 1 N–H and O–H groups in total. The number of phenolic OH excluding ortho intramolecular Hbond substituents is 1. The van der Waals surface area contributed by atoms with E-state index < -0.39 is 4.92 Å². The number of alkyl halides is 1. The second kappa shape index (κ2) is 5.41. The lowest BCUT2D eigenvalue weighted by Crippen LogP contribution is -1.92. The van der Waals surface area contributed by atoms with Crippen LogP contribution in [0, 0.1) is 10.1 Å². The Balaban J connectivity index is 3.35. The van der Waals surface area contributed by atoms with Gasteiger partial charge in [0.15, 0.2) is 6.29 Å². The number of benzene rings is 1. The number of aldehydes is 1. The van der Waals surface area contributed by atoms with Crippen molar-refractivity contribution < 1.29 is 14.8 Å². The first-order valence-corrected chi connectivity index (χ1v) is 5.41. The van der Waals surface area contributed by atoms with Gasteiger partial charge in [0.25, 0.3) is 5.69 Å². The quantitative estimate of drug-likeness (QED) is 0.399. The highest BCUT2D eigenvalue weighted by Gasteiger charge is 2.13. The summed E-state index contributed by atoms with van der Waals surface area (Å²) < 4.78 is 0. The molecule has 0 saturated carbocycles. The first kappa shape index (κ1) is 12.4. The van der Waals surface area contributed by atoms with Crippen LogP contribution in [0.25, 0.3) is 6.08 Å². The SMILES string of the molecule is O=Cc1cc([N+](=O)[O-])cc(C=CCBr)c1O. The normalized spacial score (nSPS) is 10.6. The molecule has 0 unspecified atom stereocenters. The average molecular weight is 286 g/mol. The molecule has 0 radical (unpaired) electrons. The highest BCUT2D eigenvalue weighted by Crippen LogP contribution is 2.28. The molecule has 0 saturated heterocycles. The number of hydrogen-bond donors (Lipinski definition) is 1. The summed E-state index contributed by atoms with van der Waals surface area (Å²) >= 11 is 3.14. The third kappa shape index (κ3) is 2.66. The fraction of sp³-hybridized carbons (Fsp3) is 0.100. The average Bonchev–Trinajstić information content (AvgIpc) is 2.27. The van der Waals surface area contributed by atoms with Crippen molar-refractivity contribution in [1.82, 2.24) is 0 Å². The van der Waals surface area contributed by atoms with E-state index in [9.17, 15) is 20.0 Å². The summed E-state index contributed by atoms with van der Waals surface area (Å²) in [4.78, 5) is 20.6. The minimum Gasteiger partial charge on any atom is -0.507 e. The molecule has 16 heavy (non-hydrogen) atoms. The van der Waals surface area contributed by atoms with Gasteiger partial charge in [-0.25, -0.2) is 0 Å². The molecule has 5 nitrogen and oxygen atoms in total. The van der Waals surface area contributed by atoms with Crippen LogP contribution in [-0.4, -0.2) is 21.6 Å². The number of halogens is 1. The highest BCUT2D eigenvalue weighted by atomic mass is 79.9. The van der Waals surface area contributed by atoms with E-state index in [-0.39, 0.29) is 22.6 Å². The van der Waals surface area contributed by atoms with E-state index >= 15 is 0 Å². The summed E-state index contributed by atoms with van der Waals surface area (Å²) in [5, 5.41) is 20.7. The van der Waals surface area contributed by atoms with E-state index in [2.05, 4.69) is 15.9 Å². The first-order valence-electron chi connectivity index (χ1n) is 4.29. The van der Waals surface area contributed by atoms with Crippen molar-refractivity contribution in [3.8, 4) is 5.75 Å². The van der Waals surface area contributed by atoms with Gasteiger partial charge in [0.1, 0.15) is 5.75 Å². The van der Waals surface area contributed by atoms with Crippen LogP contribution >= 0.6 is 15.9 Å². The maximum absolute atomic E-state index is 10.6. The van der Waals surface area contributed by atoms with Crippen molar-refractivity contribution in [1.29, 1.82) is 0 Å². The molecule has 1 aromatic carbocycles. The Labute approximate surface area is 99.7 Å². The van der Waals surface area contributed by atoms with E-state index in [0.717, 1.165) is 6.07 Å². The Morgan fingerprint density at radius 1 is 1.44 bits per heavy atom. The summed E-state index contributed by atoms with van der Waals surface area (Å²) in [6.07, 6.45) is 3.55. The second-order valence-corrected chi connectivity index (χ2v) is 3.55. The van der Waals surface area contributed by atoms with Gasteiger partial charge in [-0.1, -0.05) is 28.1 Å². The molecule has 0 fully saturated rings. The highest BCUT2D eigenvalue weighted by molar-refractivity contribution is 9.09. The van der Waals surface area contributed by atoms with E-state index in [1.54, 1.807) is 6.08 Å². The Kier molecular flexibility index (Phi) is 4.19. The van der Waals surface area contributed by atoms with Crippen LogP contribution in [0.4, 0.5) is 5.69 Å². The minimum atomic E-state index is -0.613. The van der Waals surface area contributed by atoms with Crippen LogP contribution in [-0.2, 0) is 0 Å². The molecule has 0 spiro atoms. The molecule has 0 amide bonds. The summed E-state index contributed by atoms with van der Waals surface area (Å²) in [7, 11) is 0. The smallest absolute Gasteiger partial charge is 0.271 e. The summed E-state index contributed by atoms with van der Waals surface area (Å²) in [6.45, 7) is 0. The lowest BCUT2D eigenvalue weighted by Gasteiger charge is -2.02. The Morgan fingerprint density at radius 3 is 2.56 bits per heavy atom. The van der Waals surface area contributed by atoms with Gasteiger partial charge < -0.3 is 5.11 Å². The topological polar surface area (TPSA) is 80.4 Å². The van der Waals surface area contributed by atoms with Gasteiger partial charge in [-0.3, -0.25) is 14.9 Å². The number of aromatic hydroxyl groups is 1. The van der Waals surface area contributed by atoms with Crippen molar-refractivity contribution in [2.24, 2.45) is 0 Å². The largest absolute Gasteiger partial charge is 0.507 e. The van der Waals surface area contributed by atoms with E-state index in [0.29, 0.717) is 11.6 Å². The lowest BCUT2D eigenvalue weighted by molar-refractivity contribution is -0.384. The number of nitrogens with zero attached hydrogens (tertiary/aromatic N) is 1.